The van der Waals surface area contributed by atoms with Gasteiger partial charge in [-0.3, -0.25) is 4.79 Å². The van der Waals surface area contributed by atoms with E-state index in [-0.39, 0.29) is 5.91 Å². The van der Waals surface area contributed by atoms with Gasteiger partial charge in [0.1, 0.15) is 23.1 Å². The second kappa shape index (κ2) is 7.94. The van der Waals surface area contributed by atoms with Gasteiger partial charge in [-0.15, -0.1) is 11.3 Å². The fourth-order valence-electron chi connectivity index (χ4n) is 2.40. The minimum absolute atomic E-state index is 0.196. The SMILES string of the molecule is CCc1ccccc1NC(=O)c1csc(COc2ccc(C)cc2)n1. The van der Waals surface area contributed by atoms with Gasteiger partial charge in [0.25, 0.3) is 5.91 Å². The summed E-state index contributed by atoms with van der Waals surface area (Å²) in [6.07, 6.45) is 0.864. The standard InChI is InChI=1S/C20H20N2O2S/c1-3-15-6-4-5-7-17(15)22-20(23)18-13-25-19(21-18)12-24-16-10-8-14(2)9-11-16/h4-11,13H,3,12H2,1-2H3,(H,22,23). The van der Waals surface area contributed by atoms with E-state index in [1.165, 1.54) is 16.9 Å². The quantitative estimate of drug-likeness (QED) is 0.690. The molecule has 5 heteroatoms. The van der Waals surface area contributed by atoms with Crippen molar-refractivity contribution in [1.29, 1.82) is 0 Å². The fraction of sp³-hybridized carbons (Fsp3) is 0.200. The number of thiazole rings is 1. The molecule has 25 heavy (non-hydrogen) atoms. The minimum Gasteiger partial charge on any atom is -0.486 e. The van der Waals surface area contributed by atoms with E-state index in [4.69, 9.17) is 4.74 Å². The molecule has 1 N–H and O–H groups in total. The van der Waals surface area contributed by atoms with Crippen molar-refractivity contribution in [1.82, 2.24) is 4.98 Å². The summed E-state index contributed by atoms with van der Waals surface area (Å²) in [7, 11) is 0. The van der Waals surface area contributed by atoms with Crippen LogP contribution >= 0.6 is 11.3 Å². The van der Waals surface area contributed by atoms with Gasteiger partial charge in [0.2, 0.25) is 0 Å². The Hall–Kier alpha value is -2.66. The molecule has 2 aromatic carbocycles. The van der Waals surface area contributed by atoms with Crippen LogP contribution < -0.4 is 10.1 Å². The molecular weight excluding hydrogens is 332 g/mol. The van der Waals surface area contributed by atoms with Crippen molar-refractivity contribution in [2.24, 2.45) is 0 Å². The lowest BCUT2D eigenvalue weighted by Crippen LogP contribution is -2.13. The molecule has 1 aromatic heterocycles. The number of aromatic nitrogens is 1. The highest BCUT2D eigenvalue weighted by molar-refractivity contribution is 7.09. The molecule has 0 aliphatic rings. The van der Waals surface area contributed by atoms with Crippen LogP contribution in [0.25, 0.3) is 0 Å². The molecule has 3 aromatic rings. The Morgan fingerprint density at radius 1 is 1.16 bits per heavy atom. The topological polar surface area (TPSA) is 51.2 Å². The molecule has 0 saturated heterocycles. The summed E-state index contributed by atoms with van der Waals surface area (Å²) in [5, 5.41) is 5.47. The summed E-state index contributed by atoms with van der Waals surface area (Å²) in [5.74, 6) is 0.599. The Labute approximate surface area is 151 Å². The maximum atomic E-state index is 12.4. The summed E-state index contributed by atoms with van der Waals surface area (Å²) in [5.41, 5.74) is 3.54. The van der Waals surface area contributed by atoms with Gasteiger partial charge in [0.05, 0.1) is 0 Å². The summed E-state index contributed by atoms with van der Waals surface area (Å²) in [6, 6.07) is 15.7. The Balaban J connectivity index is 1.62. The number of nitrogens with zero attached hydrogens (tertiary/aromatic N) is 1. The average Bonchev–Trinajstić information content (AvgIpc) is 3.11. The summed E-state index contributed by atoms with van der Waals surface area (Å²) in [4.78, 5) is 16.8. The van der Waals surface area contributed by atoms with Gasteiger partial charge in [-0.1, -0.05) is 42.8 Å². The largest absolute Gasteiger partial charge is 0.486 e. The van der Waals surface area contributed by atoms with Crippen LogP contribution in [0.1, 0.15) is 33.5 Å². The van der Waals surface area contributed by atoms with Crippen molar-refractivity contribution >= 4 is 22.9 Å². The van der Waals surface area contributed by atoms with Gasteiger partial charge in [0.15, 0.2) is 0 Å². The molecule has 0 unspecified atom stereocenters. The van der Waals surface area contributed by atoms with Crippen LogP contribution in [0.5, 0.6) is 5.75 Å². The van der Waals surface area contributed by atoms with Gasteiger partial charge in [-0.25, -0.2) is 4.98 Å². The number of para-hydroxylation sites is 1. The zero-order valence-electron chi connectivity index (χ0n) is 14.3. The summed E-state index contributed by atoms with van der Waals surface area (Å²) < 4.78 is 5.71. The number of ether oxygens (including phenoxy) is 1. The molecule has 0 fully saturated rings. The van der Waals surface area contributed by atoms with Crippen molar-refractivity contribution in [2.45, 2.75) is 26.9 Å². The van der Waals surface area contributed by atoms with Crippen LogP contribution in [0, 0.1) is 6.92 Å². The monoisotopic (exact) mass is 352 g/mol. The van der Waals surface area contributed by atoms with E-state index in [0.29, 0.717) is 12.3 Å². The first-order valence-electron chi connectivity index (χ1n) is 8.19. The zero-order chi connectivity index (χ0) is 17.6. The third-order valence-corrected chi connectivity index (χ3v) is 4.64. The van der Waals surface area contributed by atoms with Crippen LogP contribution in [0.4, 0.5) is 5.69 Å². The molecule has 0 spiro atoms. The summed E-state index contributed by atoms with van der Waals surface area (Å²) >= 11 is 1.42. The van der Waals surface area contributed by atoms with Crippen molar-refractivity contribution in [3.8, 4) is 5.75 Å². The Morgan fingerprint density at radius 3 is 2.68 bits per heavy atom. The lowest BCUT2D eigenvalue weighted by molar-refractivity contribution is 0.102. The zero-order valence-corrected chi connectivity index (χ0v) is 15.1. The summed E-state index contributed by atoms with van der Waals surface area (Å²) in [6.45, 7) is 4.45. The van der Waals surface area contributed by atoms with Crippen molar-refractivity contribution < 1.29 is 9.53 Å². The van der Waals surface area contributed by atoms with Gasteiger partial charge in [-0.05, 0) is 37.1 Å². The van der Waals surface area contributed by atoms with Crippen LogP contribution in [0.3, 0.4) is 0 Å². The number of amides is 1. The highest BCUT2D eigenvalue weighted by Crippen LogP contribution is 2.19. The number of benzene rings is 2. The minimum atomic E-state index is -0.196. The first kappa shape index (κ1) is 17.2. The third kappa shape index (κ3) is 4.45. The number of aryl methyl sites for hydroxylation is 2. The molecular formula is C20H20N2O2S. The van der Waals surface area contributed by atoms with Gasteiger partial charge in [-0.2, -0.15) is 0 Å². The van der Waals surface area contributed by atoms with Crippen LogP contribution in [0.2, 0.25) is 0 Å². The molecule has 0 bridgehead atoms. The fourth-order valence-corrected chi connectivity index (χ4v) is 3.08. The highest BCUT2D eigenvalue weighted by atomic mass is 32.1. The van der Waals surface area contributed by atoms with Gasteiger partial charge in [0, 0.05) is 11.1 Å². The molecule has 3 rings (SSSR count). The molecule has 128 valence electrons. The van der Waals surface area contributed by atoms with E-state index in [2.05, 4.69) is 17.2 Å². The number of rotatable bonds is 6. The van der Waals surface area contributed by atoms with E-state index in [1.807, 2.05) is 55.5 Å². The second-order valence-electron chi connectivity index (χ2n) is 5.69. The number of carbonyl (C=O) groups is 1. The number of anilines is 1. The lowest BCUT2D eigenvalue weighted by Gasteiger charge is -2.08. The van der Waals surface area contributed by atoms with Crippen molar-refractivity contribution in [3.63, 3.8) is 0 Å². The second-order valence-corrected chi connectivity index (χ2v) is 6.64. The van der Waals surface area contributed by atoms with Crippen LogP contribution in [0.15, 0.2) is 53.9 Å². The molecule has 0 radical (unpaired) electrons. The van der Waals surface area contributed by atoms with Gasteiger partial charge < -0.3 is 10.1 Å². The van der Waals surface area contributed by atoms with Crippen molar-refractivity contribution in [3.05, 3.63) is 75.7 Å². The van der Waals surface area contributed by atoms with E-state index >= 15 is 0 Å². The average molecular weight is 352 g/mol. The Morgan fingerprint density at radius 2 is 1.92 bits per heavy atom. The smallest absolute Gasteiger partial charge is 0.275 e. The van der Waals surface area contributed by atoms with Crippen LogP contribution in [-0.4, -0.2) is 10.9 Å². The molecule has 0 saturated carbocycles. The maximum absolute atomic E-state index is 12.4. The first-order chi connectivity index (χ1) is 12.2. The number of hydrogen-bond acceptors (Lipinski definition) is 4. The number of hydrogen-bond donors (Lipinski definition) is 1. The van der Waals surface area contributed by atoms with Gasteiger partial charge >= 0.3 is 0 Å². The van der Waals surface area contributed by atoms with E-state index in [0.717, 1.165) is 28.4 Å². The number of nitrogens with one attached hydrogen (secondary N) is 1. The predicted molar refractivity (Wildman–Crippen MR) is 101 cm³/mol. The lowest BCUT2D eigenvalue weighted by atomic mass is 10.1. The Kier molecular flexibility index (Phi) is 5.46. The van der Waals surface area contributed by atoms with Crippen molar-refractivity contribution in [2.75, 3.05) is 5.32 Å². The third-order valence-electron chi connectivity index (χ3n) is 3.81. The Bertz CT molecular complexity index is 856. The molecule has 0 aliphatic heterocycles. The molecule has 0 aliphatic carbocycles. The molecule has 4 nitrogen and oxygen atoms in total. The highest BCUT2D eigenvalue weighted by Gasteiger charge is 2.12. The maximum Gasteiger partial charge on any atom is 0.275 e. The number of carbonyl (C=O) groups excluding carboxylic acids is 1. The van der Waals surface area contributed by atoms with E-state index in [9.17, 15) is 4.79 Å². The molecule has 1 heterocycles. The van der Waals surface area contributed by atoms with E-state index in [1.54, 1.807) is 5.38 Å². The molecule has 0 atom stereocenters. The first-order valence-corrected chi connectivity index (χ1v) is 9.07. The van der Waals surface area contributed by atoms with Crippen LogP contribution in [-0.2, 0) is 13.0 Å². The normalized spacial score (nSPS) is 10.5. The van der Waals surface area contributed by atoms with E-state index < -0.39 is 0 Å². The predicted octanol–water partition coefficient (Wildman–Crippen LogP) is 4.85. The molecule has 1 amide bonds.